The standard InChI is InChI=1S/C18H29N3O2S2/c1-14(2)17-12-21(9-10-24-17)18(19-3)20-11-15-5-7-16(8-6-15)13-25(4,22)23/h5-8,14,17H,9-13H2,1-4H3,(H,19,20). The van der Waals surface area contributed by atoms with Crippen LogP contribution in [0.5, 0.6) is 0 Å². The molecule has 1 unspecified atom stereocenters. The van der Waals surface area contributed by atoms with Gasteiger partial charge in [0.15, 0.2) is 15.8 Å². The molecule has 0 spiro atoms. The van der Waals surface area contributed by atoms with Crippen molar-refractivity contribution in [3.8, 4) is 0 Å². The van der Waals surface area contributed by atoms with Crippen molar-refractivity contribution >= 4 is 27.6 Å². The Kier molecular flexibility index (Phi) is 7.19. The maximum atomic E-state index is 11.4. The number of guanidine groups is 1. The zero-order chi connectivity index (χ0) is 18.4. The summed E-state index contributed by atoms with van der Waals surface area (Å²) in [6.45, 7) is 7.27. The van der Waals surface area contributed by atoms with Crippen LogP contribution in [-0.4, -0.2) is 56.7 Å². The van der Waals surface area contributed by atoms with Gasteiger partial charge >= 0.3 is 0 Å². The number of nitrogens with one attached hydrogen (secondary N) is 1. The second-order valence-electron chi connectivity index (χ2n) is 6.89. The van der Waals surface area contributed by atoms with Gasteiger partial charge in [-0.1, -0.05) is 38.1 Å². The predicted octanol–water partition coefficient (Wildman–Crippen LogP) is 2.38. The average Bonchev–Trinajstić information content (AvgIpc) is 2.56. The molecule has 7 heteroatoms. The Balaban J connectivity index is 1.92. The van der Waals surface area contributed by atoms with Crippen LogP contribution in [0.15, 0.2) is 29.3 Å². The first-order chi connectivity index (χ1) is 11.8. The van der Waals surface area contributed by atoms with Crippen LogP contribution < -0.4 is 5.32 Å². The van der Waals surface area contributed by atoms with Gasteiger partial charge in [-0.05, 0) is 17.0 Å². The van der Waals surface area contributed by atoms with Crippen LogP contribution in [0.2, 0.25) is 0 Å². The number of rotatable bonds is 5. The van der Waals surface area contributed by atoms with Crippen LogP contribution in [0, 0.1) is 5.92 Å². The molecule has 0 radical (unpaired) electrons. The number of benzene rings is 1. The molecule has 1 aliphatic heterocycles. The molecule has 1 saturated heterocycles. The fourth-order valence-electron chi connectivity index (χ4n) is 2.84. The molecule has 0 saturated carbocycles. The van der Waals surface area contributed by atoms with Crippen molar-refractivity contribution < 1.29 is 8.42 Å². The Morgan fingerprint density at radius 1 is 1.32 bits per heavy atom. The molecule has 140 valence electrons. The van der Waals surface area contributed by atoms with Crippen molar-refractivity contribution in [3.63, 3.8) is 0 Å². The molecule has 1 N–H and O–H groups in total. The summed E-state index contributed by atoms with van der Waals surface area (Å²) in [7, 11) is -1.17. The molecule has 1 aliphatic rings. The second kappa shape index (κ2) is 8.94. The van der Waals surface area contributed by atoms with Crippen LogP contribution in [0.4, 0.5) is 0 Å². The van der Waals surface area contributed by atoms with Crippen LogP contribution in [-0.2, 0) is 22.1 Å². The SMILES string of the molecule is CN=C(NCc1ccc(CS(C)(=O)=O)cc1)N1CCSC(C(C)C)C1. The molecule has 0 aromatic heterocycles. The number of sulfone groups is 1. The minimum atomic E-state index is -2.99. The van der Waals surface area contributed by atoms with Gasteiger partial charge in [-0.15, -0.1) is 0 Å². The van der Waals surface area contributed by atoms with Gasteiger partial charge in [0.2, 0.25) is 0 Å². The highest BCUT2D eigenvalue weighted by atomic mass is 32.2. The molecule has 1 fully saturated rings. The fourth-order valence-corrected chi connectivity index (χ4v) is 4.94. The van der Waals surface area contributed by atoms with E-state index < -0.39 is 9.84 Å². The first-order valence-corrected chi connectivity index (χ1v) is 11.7. The first-order valence-electron chi connectivity index (χ1n) is 8.61. The van der Waals surface area contributed by atoms with Crippen molar-refractivity contribution in [2.75, 3.05) is 32.1 Å². The smallest absolute Gasteiger partial charge is 0.193 e. The third kappa shape index (κ3) is 6.55. The van der Waals surface area contributed by atoms with E-state index in [1.54, 1.807) is 0 Å². The number of nitrogens with zero attached hydrogens (tertiary/aromatic N) is 2. The lowest BCUT2D eigenvalue weighted by Crippen LogP contribution is -2.48. The van der Waals surface area contributed by atoms with Gasteiger partial charge in [0.05, 0.1) is 5.75 Å². The average molecular weight is 384 g/mol. The molecular formula is C18H29N3O2S2. The van der Waals surface area contributed by atoms with Gasteiger partial charge in [0, 0.05) is 43.9 Å². The lowest BCUT2D eigenvalue weighted by atomic mass is 10.1. The Labute approximate surface area is 156 Å². The number of hydrogen-bond donors (Lipinski definition) is 1. The lowest BCUT2D eigenvalue weighted by Gasteiger charge is -2.36. The second-order valence-corrected chi connectivity index (χ2v) is 10.4. The molecule has 25 heavy (non-hydrogen) atoms. The quantitative estimate of drug-likeness (QED) is 0.625. The Morgan fingerprint density at radius 3 is 2.52 bits per heavy atom. The fraction of sp³-hybridized carbons (Fsp3) is 0.611. The predicted molar refractivity (Wildman–Crippen MR) is 108 cm³/mol. The van der Waals surface area contributed by atoms with E-state index in [1.165, 1.54) is 6.26 Å². The van der Waals surface area contributed by atoms with E-state index in [9.17, 15) is 8.42 Å². The van der Waals surface area contributed by atoms with Gasteiger partial charge in [-0.3, -0.25) is 4.99 Å². The van der Waals surface area contributed by atoms with Crippen LogP contribution >= 0.6 is 11.8 Å². The summed E-state index contributed by atoms with van der Waals surface area (Å²) in [4.78, 5) is 6.76. The zero-order valence-electron chi connectivity index (χ0n) is 15.5. The summed E-state index contributed by atoms with van der Waals surface area (Å²) in [5, 5.41) is 4.07. The summed E-state index contributed by atoms with van der Waals surface area (Å²) in [5.74, 6) is 2.81. The van der Waals surface area contributed by atoms with Crippen molar-refractivity contribution in [2.45, 2.75) is 31.4 Å². The van der Waals surface area contributed by atoms with E-state index in [1.807, 2.05) is 43.1 Å². The van der Waals surface area contributed by atoms with E-state index in [4.69, 9.17) is 0 Å². The third-order valence-electron chi connectivity index (χ3n) is 4.25. The summed E-state index contributed by atoms with van der Waals surface area (Å²) in [6, 6.07) is 7.72. The van der Waals surface area contributed by atoms with Crippen LogP contribution in [0.1, 0.15) is 25.0 Å². The van der Waals surface area contributed by atoms with Gasteiger partial charge in [0.25, 0.3) is 0 Å². The highest BCUT2D eigenvalue weighted by Crippen LogP contribution is 2.24. The first kappa shape index (κ1) is 20.1. The Morgan fingerprint density at radius 2 is 1.96 bits per heavy atom. The lowest BCUT2D eigenvalue weighted by molar-refractivity contribution is 0.380. The highest BCUT2D eigenvalue weighted by Gasteiger charge is 2.24. The van der Waals surface area contributed by atoms with Crippen molar-refractivity contribution in [2.24, 2.45) is 10.9 Å². The van der Waals surface area contributed by atoms with Crippen molar-refractivity contribution in [3.05, 3.63) is 35.4 Å². The molecular weight excluding hydrogens is 354 g/mol. The van der Waals surface area contributed by atoms with Gasteiger partial charge < -0.3 is 10.2 Å². The Hall–Kier alpha value is -1.21. The molecule has 0 aliphatic carbocycles. The molecule has 0 amide bonds. The van der Waals surface area contributed by atoms with Gasteiger partial charge in [-0.2, -0.15) is 11.8 Å². The minimum absolute atomic E-state index is 0.0877. The molecule has 1 heterocycles. The van der Waals surface area contributed by atoms with E-state index >= 15 is 0 Å². The third-order valence-corrected chi connectivity index (χ3v) is 6.65. The minimum Gasteiger partial charge on any atom is -0.352 e. The number of hydrogen-bond acceptors (Lipinski definition) is 4. The maximum absolute atomic E-state index is 11.4. The largest absolute Gasteiger partial charge is 0.352 e. The van der Waals surface area contributed by atoms with Crippen LogP contribution in [0.25, 0.3) is 0 Å². The molecule has 1 atom stereocenters. The molecule has 1 aromatic carbocycles. The van der Waals surface area contributed by atoms with Gasteiger partial charge in [0.1, 0.15) is 0 Å². The summed E-state index contributed by atoms with van der Waals surface area (Å²) < 4.78 is 22.7. The summed E-state index contributed by atoms with van der Waals surface area (Å²) in [5.41, 5.74) is 1.94. The monoisotopic (exact) mass is 383 g/mol. The normalized spacial score (nSPS) is 19.3. The molecule has 5 nitrogen and oxygen atoms in total. The molecule has 0 bridgehead atoms. The molecule has 2 rings (SSSR count). The van der Waals surface area contributed by atoms with Gasteiger partial charge in [-0.25, -0.2) is 8.42 Å². The van der Waals surface area contributed by atoms with E-state index in [2.05, 4.69) is 29.1 Å². The summed E-state index contributed by atoms with van der Waals surface area (Å²) >= 11 is 2.05. The Bertz CT molecular complexity index is 685. The highest BCUT2D eigenvalue weighted by molar-refractivity contribution is 8.00. The van der Waals surface area contributed by atoms with E-state index in [-0.39, 0.29) is 5.75 Å². The van der Waals surface area contributed by atoms with Crippen molar-refractivity contribution in [1.82, 2.24) is 10.2 Å². The number of aliphatic imine (C=N–C) groups is 1. The van der Waals surface area contributed by atoms with Crippen LogP contribution in [0.3, 0.4) is 0 Å². The zero-order valence-corrected chi connectivity index (χ0v) is 17.2. The number of thioether (sulfide) groups is 1. The maximum Gasteiger partial charge on any atom is 0.193 e. The van der Waals surface area contributed by atoms with E-state index in [0.29, 0.717) is 17.7 Å². The van der Waals surface area contributed by atoms with E-state index in [0.717, 1.165) is 35.9 Å². The van der Waals surface area contributed by atoms with Crippen molar-refractivity contribution in [1.29, 1.82) is 0 Å². The molecule has 1 aromatic rings. The summed E-state index contributed by atoms with van der Waals surface area (Å²) in [6.07, 6.45) is 1.26. The topological polar surface area (TPSA) is 61.8 Å².